The zero-order valence-electron chi connectivity index (χ0n) is 12.3. The molecule has 0 aliphatic heterocycles. The van der Waals surface area contributed by atoms with E-state index < -0.39 is 5.41 Å². The minimum atomic E-state index is -0.516. The number of Topliss-reactive ketones (excluding diaryl/α,β-unsaturated/α-hetero) is 1. The van der Waals surface area contributed by atoms with E-state index in [1.165, 1.54) is 0 Å². The Bertz CT molecular complexity index is 780. The van der Waals surface area contributed by atoms with Crippen molar-refractivity contribution < 1.29 is 9.58 Å². The zero-order valence-corrected chi connectivity index (χ0v) is 12.3. The monoisotopic (exact) mass is 280 g/mol. The molecule has 1 heterocycles. The van der Waals surface area contributed by atoms with E-state index in [-0.39, 0.29) is 11.5 Å². The molecule has 0 saturated carbocycles. The average Bonchev–Trinajstić information content (AvgIpc) is 2.76. The molecule has 21 heavy (non-hydrogen) atoms. The van der Waals surface area contributed by atoms with Crippen molar-refractivity contribution >= 4 is 11.5 Å². The summed E-state index contributed by atoms with van der Waals surface area (Å²) < 4.78 is 1.82. The number of carbonyl (C=O) groups excluding carboxylic acids is 1. The molecule has 5 heteroatoms. The van der Waals surface area contributed by atoms with Gasteiger partial charge in [0, 0.05) is 6.42 Å². The highest BCUT2D eigenvalue weighted by Crippen LogP contribution is 2.34. The van der Waals surface area contributed by atoms with Crippen LogP contribution in [0.25, 0.3) is 11.2 Å². The number of fused-ring (bicyclic) bond motifs is 1. The number of hydrogen-bond acceptors (Lipinski definition) is 2. The van der Waals surface area contributed by atoms with Crippen LogP contribution in [0.15, 0.2) is 30.3 Å². The molecule has 3 rings (SSSR count). The lowest BCUT2D eigenvalue weighted by Crippen LogP contribution is -2.40. The molecular formula is C16H16N4O. The molecule has 1 aliphatic carbocycles. The van der Waals surface area contributed by atoms with Gasteiger partial charge in [0.25, 0.3) is 5.78 Å². The zero-order chi connectivity index (χ0) is 15.2. The van der Waals surface area contributed by atoms with Crippen molar-refractivity contribution in [3.63, 3.8) is 0 Å². The fourth-order valence-corrected chi connectivity index (χ4v) is 2.93. The largest absolute Gasteiger partial charge is 0.361 e. The van der Waals surface area contributed by atoms with E-state index in [1.54, 1.807) is 0 Å². The molecule has 0 spiro atoms. The van der Waals surface area contributed by atoms with Crippen LogP contribution in [0.2, 0.25) is 0 Å². The van der Waals surface area contributed by atoms with E-state index in [0.717, 1.165) is 11.4 Å². The van der Waals surface area contributed by atoms with Gasteiger partial charge in [0.2, 0.25) is 0 Å². The Morgan fingerprint density at radius 2 is 1.95 bits per heavy atom. The fourth-order valence-electron chi connectivity index (χ4n) is 2.93. The summed E-state index contributed by atoms with van der Waals surface area (Å²) >= 11 is 0. The van der Waals surface area contributed by atoms with Gasteiger partial charge in [0.15, 0.2) is 0 Å². The van der Waals surface area contributed by atoms with Gasteiger partial charge in [-0.1, -0.05) is 18.2 Å². The molecule has 0 N–H and O–H groups in total. The first-order valence-corrected chi connectivity index (χ1v) is 6.87. The highest BCUT2D eigenvalue weighted by molar-refractivity contribution is 6.46. The molecule has 0 fully saturated rings. The molecule has 1 aromatic heterocycles. The van der Waals surface area contributed by atoms with Gasteiger partial charge in [-0.15, -0.1) is 0 Å². The first-order valence-electron chi connectivity index (χ1n) is 6.87. The predicted molar refractivity (Wildman–Crippen MR) is 78.7 cm³/mol. The normalized spacial score (nSPS) is 16.5. The highest BCUT2D eigenvalue weighted by Gasteiger charge is 2.47. The van der Waals surface area contributed by atoms with E-state index in [1.807, 2.05) is 55.8 Å². The lowest BCUT2D eigenvalue weighted by Gasteiger charge is -2.24. The number of nitrogens with zero attached hydrogens (tertiary/aromatic N) is 4. The maximum Gasteiger partial charge on any atom is 0.345 e. The summed E-state index contributed by atoms with van der Waals surface area (Å²) in [5.74, 6) is -0.233. The van der Waals surface area contributed by atoms with Crippen molar-refractivity contribution in [3.8, 4) is 5.69 Å². The van der Waals surface area contributed by atoms with Gasteiger partial charge in [-0.3, -0.25) is 4.79 Å². The molecule has 1 aliphatic rings. The molecule has 0 amide bonds. The number of rotatable bonds is 1. The van der Waals surface area contributed by atoms with Crippen LogP contribution in [0.1, 0.15) is 35.6 Å². The number of aryl methyl sites for hydroxylation is 1. The van der Waals surface area contributed by atoms with E-state index in [9.17, 15) is 10.3 Å². The van der Waals surface area contributed by atoms with Crippen molar-refractivity contribution in [1.29, 1.82) is 0 Å². The first kappa shape index (κ1) is 13.5. The first-order chi connectivity index (χ1) is 9.95. The predicted octanol–water partition coefficient (Wildman–Crippen LogP) is 2.62. The second kappa shape index (κ2) is 4.50. The van der Waals surface area contributed by atoms with Crippen LogP contribution < -0.4 is 0 Å². The SMILES string of the molecule is Cc1nn(-c2ccccc2)c2c1C(=O)C(=[N+]=[N-])C(C)(C)C2. The van der Waals surface area contributed by atoms with Crippen LogP contribution >= 0.6 is 0 Å². The van der Waals surface area contributed by atoms with E-state index in [4.69, 9.17) is 0 Å². The second-order valence-corrected chi connectivity index (χ2v) is 5.99. The maximum atomic E-state index is 12.6. The number of benzene rings is 1. The Morgan fingerprint density at radius 1 is 1.29 bits per heavy atom. The van der Waals surface area contributed by atoms with Crippen LogP contribution in [0, 0.1) is 12.3 Å². The van der Waals surface area contributed by atoms with Crippen LogP contribution in [0.4, 0.5) is 0 Å². The van der Waals surface area contributed by atoms with Gasteiger partial charge in [0.05, 0.1) is 28.1 Å². The molecule has 5 nitrogen and oxygen atoms in total. The smallest absolute Gasteiger partial charge is 0.345 e. The summed E-state index contributed by atoms with van der Waals surface area (Å²) in [5.41, 5.74) is 11.9. The third-order valence-corrected chi connectivity index (χ3v) is 3.95. The summed E-state index contributed by atoms with van der Waals surface area (Å²) in [7, 11) is 0. The van der Waals surface area contributed by atoms with E-state index in [0.29, 0.717) is 17.7 Å². The Kier molecular flexibility index (Phi) is 2.88. The highest BCUT2D eigenvalue weighted by atomic mass is 16.1. The van der Waals surface area contributed by atoms with Crippen LogP contribution in [-0.4, -0.2) is 26.1 Å². The molecule has 0 unspecified atom stereocenters. The maximum absolute atomic E-state index is 12.6. The lowest BCUT2D eigenvalue weighted by atomic mass is 9.74. The summed E-state index contributed by atoms with van der Waals surface area (Å²) in [4.78, 5) is 15.8. The number of carbonyl (C=O) groups is 1. The average molecular weight is 280 g/mol. The molecule has 1 aromatic carbocycles. The van der Waals surface area contributed by atoms with Crippen LogP contribution in [0.3, 0.4) is 0 Å². The number of hydrogen-bond donors (Lipinski definition) is 0. The third kappa shape index (κ3) is 1.94. The van der Waals surface area contributed by atoms with Gasteiger partial charge in [0.1, 0.15) is 0 Å². The third-order valence-electron chi connectivity index (χ3n) is 3.95. The van der Waals surface area contributed by atoms with Crippen molar-refractivity contribution in [2.24, 2.45) is 5.41 Å². The van der Waals surface area contributed by atoms with Crippen molar-refractivity contribution in [1.82, 2.24) is 9.78 Å². The summed E-state index contributed by atoms with van der Waals surface area (Å²) in [6.07, 6.45) is 0.600. The molecule has 106 valence electrons. The minimum Gasteiger partial charge on any atom is -0.361 e. The topological polar surface area (TPSA) is 71.3 Å². The molecule has 0 radical (unpaired) electrons. The van der Waals surface area contributed by atoms with Gasteiger partial charge in [-0.25, -0.2) is 4.68 Å². The Morgan fingerprint density at radius 3 is 2.57 bits per heavy atom. The van der Waals surface area contributed by atoms with Crippen molar-refractivity contribution in [2.75, 3.05) is 0 Å². The quantitative estimate of drug-likeness (QED) is 0.595. The van der Waals surface area contributed by atoms with Crippen molar-refractivity contribution in [3.05, 3.63) is 52.8 Å². The fraction of sp³-hybridized carbons (Fsp3) is 0.312. The molecule has 0 atom stereocenters. The van der Waals surface area contributed by atoms with Crippen molar-refractivity contribution in [2.45, 2.75) is 27.2 Å². The number of ketones is 1. The second-order valence-electron chi connectivity index (χ2n) is 5.99. The standard InChI is InChI=1S/C16H16N4O/c1-10-13-12(9-16(2,3)15(18-17)14(13)21)20(19-10)11-7-5-4-6-8-11/h4-8H,9H2,1-3H3. The lowest BCUT2D eigenvalue weighted by molar-refractivity contribution is -0.0196. The summed E-state index contributed by atoms with van der Waals surface area (Å²) in [6, 6.07) is 9.74. The summed E-state index contributed by atoms with van der Waals surface area (Å²) in [6.45, 7) is 5.62. The van der Waals surface area contributed by atoms with Gasteiger partial charge in [-0.2, -0.15) is 9.89 Å². The Labute approximate surface area is 122 Å². The summed E-state index contributed by atoms with van der Waals surface area (Å²) in [5, 5.41) is 4.51. The van der Waals surface area contributed by atoms with E-state index >= 15 is 0 Å². The Hall–Kier alpha value is -2.52. The molecule has 2 aromatic rings. The molecular weight excluding hydrogens is 264 g/mol. The van der Waals surface area contributed by atoms with Crippen LogP contribution in [0.5, 0.6) is 0 Å². The molecule has 0 bridgehead atoms. The van der Waals surface area contributed by atoms with Gasteiger partial charge < -0.3 is 5.53 Å². The van der Waals surface area contributed by atoms with Gasteiger partial charge in [-0.05, 0) is 32.9 Å². The minimum absolute atomic E-state index is 0.200. The number of aromatic nitrogens is 2. The molecule has 0 saturated heterocycles. The van der Waals surface area contributed by atoms with E-state index in [2.05, 4.69) is 9.89 Å². The van der Waals surface area contributed by atoms with Crippen LogP contribution in [-0.2, 0) is 6.42 Å². The Balaban J connectivity index is 2.27. The number of para-hydroxylation sites is 1. The van der Waals surface area contributed by atoms with Gasteiger partial charge >= 0.3 is 5.71 Å².